The summed E-state index contributed by atoms with van der Waals surface area (Å²) in [4.78, 5) is 6.44. The van der Waals surface area contributed by atoms with Crippen LogP contribution in [-0.2, 0) is 6.61 Å². The molecule has 1 aromatic heterocycles. The summed E-state index contributed by atoms with van der Waals surface area (Å²) in [6, 6.07) is 4.00. The zero-order valence-corrected chi connectivity index (χ0v) is 8.32. The quantitative estimate of drug-likeness (QED) is 0.772. The number of hydrogen-bond acceptors (Lipinski definition) is 3. The molecule has 0 amide bonds. The van der Waals surface area contributed by atoms with Gasteiger partial charge in [-0.05, 0) is 31.4 Å². The molecule has 1 saturated heterocycles. The SMILES string of the molecule is OCc1cc(N2CCCCC2)ccn1. The van der Waals surface area contributed by atoms with Crippen molar-refractivity contribution in [2.45, 2.75) is 25.9 Å². The molecule has 0 radical (unpaired) electrons. The highest BCUT2D eigenvalue weighted by Gasteiger charge is 2.10. The maximum atomic E-state index is 8.98. The lowest BCUT2D eigenvalue weighted by Crippen LogP contribution is -2.29. The number of piperidine rings is 1. The Morgan fingerprint density at radius 3 is 2.79 bits per heavy atom. The van der Waals surface area contributed by atoms with Gasteiger partial charge in [-0.1, -0.05) is 0 Å². The third kappa shape index (κ3) is 2.04. The van der Waals surface area contributed by atoms with Crippen LogP contribution in [0.5, 0.6) is 0 Å². The Hall–Kier alpha value is -1.09. The first kappa shape index (κ1) is 9.46. The van der Waals surface area contributed by atoms with Crippen LogP contribution >= 0.6 is 0 Å². The first-order valence-electron chi connectivity index (χ1n) is 5.21. The van der Waals surface area contributed by atoms with Crippen molar-refractivity contribution < 1.29 is 5.11 Å². The van der Waals surface area contributed by atoms with Crippen molar-refractivity contribution in [3.63, 3.8) is 0 Å². The fraction of sp³-hybridized carbons (Fsp3) is 0.545. The average molecular weight is 192 g/mol. The minimum absolute atomic E-state index is 0.0294. The van der Waals surface area contributed by atoms with E-state index < -0.39 is 0 Å². The van der Waals surface area contributed by atoms with Crippen molar-refractivity contribution in [2.75, 3.05) is 18.0 Å². The Morgan fingerprint density at radius 1 is 1.29 bits per heavy atom. The number of pyridine rings is 1. The van der Waals surface area contributed by atoms with Crippen molar-refractivity contribution in [3.05, 3.63) is 24.0 Å². The van der Waals surface area contributed by atoms with Crippen LogP contribution in [0, 0.1) is 0 Å². The van der Waals surface area contributed by atoms with Crippen molar-refractivity contribution in [1.29, 1.82) is 0 Å². The molecule has 1 N–H and O–H groups in total. The lowest BCUT2D eigenvalue weighted by molar-refractivity contribution is 0.277. The van der Waals surface area contributed by atoms with Crippen LogP contribution in [0.1, 0.15) is 25.0 Å². The number of hydrogen-bond donors (Lipinski definition) is 1. The van der Waals surface area contributed by atoms with Crippen molar-refractivity contribution in [3.8, 4) is 0 Å². The lowest BCUT2D eigenvalue weighted by Gasteiger charge is -2.28. The molecule has 76 valence electrons. The van der Waals surface area contributed by atoms with E-state index in [0.717, 1.165) is 18.8 Å². The first-order chi connectivity index (χ1) is 6.90. The van der Waals surface area contributed by atoms with Crippen LogP contribution in [0.25, 0.3) is 0 Å². The third-order valence-corrected chi connectivity index (χ3v) is 2.68. The van der Waals surface area contributed by atoms with E-state index in [1.165, 1.54) is 24.9 Å². The van der Waals surface area contributed by atoms with E-state index in [1.807, 2.05) is 12.1 Å². The van der Waals surface area contributed by atoms with Crippen LogP contribution in [0.4, 0.5) is 5.69 Å². The molecule has 3 heteroatoms. The zero-order chi connectivity index (χ0) is 9.80. The van der Waals surface area contributed by atoms with E-state index >= 15 is 0 Å². The topological polar surface area (TPSA) is 36.4 Å². The number of nitrogens with zero attached hydrogens (tertiary/aromatic N) is 2. The second-order valence-corrected chi connectivity index (χ2v) is 3.71. The molecule has 0 aromatic carbocycles. The van der Waals surface area contributed by atoms with Gasteiger partial charge in [0, 0.05) is 25.0 Å². The summed E-state index contributed by atoms with van der Waals surface area (Å²) < 4.78 is 0. The van der Waals surface area contributed by atoms with E-state index in [2.05, 4.69) is 9.88 Å². The second kappa shape index (κ2) is 4.42. The monoisotopic (exact) mass is 192 g/mol. The van der Waals surface area contributed by atoms with E-state index in [1.54, 1.807) is 6.20 Å². The minimum atomic E-state index is 0.0294. The summed E-state index contributed by atoms with van der Waals surface area (Å²) in [6.07, 6.45) is 5.66. The molecular weight excluding hydrogens is 176 g/mol. The second-order valence-electron chi connectivity index (χ2n) is 3.71. The van der Waals surface area contributed by atoms with E-state index in [-0.39, 0.29) is 6.61 Å². The number of rotatable bonds is 2. The van der Waals surface area contributed by atoms with Crippen molar-refractivity contribution in [2.24, 2.45) is 0 Å². The minimum Gasteiger partial charge on any atom is -0.390 e. The Balaban J connectivity index is 2.13. The van der Waals surface area contributed by atoms with Gasteiger partial charge in [-0.25, -0.2) is 0 Å². The van der Waals surface area contributed by atoms with E-state index in [4.69, 9.17) is 5.11 Å². The molecule has 0 spiro atoms. The van der Waals surface area contributed by atoms with E-state index in [0.29, 0.717) is 0 Å². The van der Waals surface area contributed by atoms with Gasteiger partial charge in [0.2, 0.25) is 0 Å². The van der Waals surface area contributed by atoms with Gasteiger partial charge in [0.05, 0.1) is 12.3 Å². The highest BCUT2D eigenvalue weighted by molar-refractivity contribution is 5.46. The van der Waals surface area contributed by atoms with E-state index in [9.17, 15) is 0 Å². The molecule has 0 unspecified atom stereocenters. The predicted octanol–water partition coefficient (Wildman–Crippen LogP) is 1.56. The lowest BCUT2D eigenvalue weighted by atomic mass is 10.1. The standard InChI is InChI=1S/C11H16N2O/c14-9-10-8-11(4-5-12-10)13-6-2-1-3-7-13/h4-5,8,14H,1-3,6-7,9H2. The molecule has 0 atom stereocenters. The third-order valence-electron chi connectivity index (χ3n) is 2.68. The van der Waals surface area contributed by atoms with Gasteiger partial charge in [-0.3, -0.25) is 4.98 Å². The Morgan fingerprint density at radius 2 is 2.07 bits per heavy atom. The van der Waals surface area contributed by atoms with Crippen LogP contribution in [-0.4, -0.2) is 23.2 Å². The maximum Gasteiger partial charge on any atom is 0.0853 e. The maximum absolute atomic E-state index is 8.98. The molecule has 1 fully saturated rings. The number of aromatic nitrogens is 1. The van der Waals surface area contributed by atoms with Gasteiger partial charge in [0.15, 0.2) is 0 Å². The van der Waals surface area contributed by atoms with Crippen LogP contribution in [0.15, 0.2) is 18.3 Å². The number of anilines is 1. The van der Waals surface area contributed by atoms with Gasteiger partial charge >= 0.3 is 0 Å². The fourth-order valence-corrected chi connectivity index (χ4v) is 1.90. The average Bonchev–Trinajstić information content (AvgIpc) is 2.30. The molecule has 1 aromatic rings. The highest BCUT2D eigenvalue weighted by atomic mass is 16.3. The smallest absolute Gasteiger partial charge is 0.0853 e. The Bertz CT molecular complexity index is 295. The molecule has 1 aliphatic rings. The summed E-state index contributed by atoms with van der Waals surface area (Å²) in [6.45, 7) is 2.30. The summed E-state index contributed by atoms with van der Waals surface area (Å²) in [5, 5.41) is 8.98. The molecule has 0 saturated carbocycles. The molecule has 2 rings (SSSR count). The number of aliphatic hydroxyl groups excluding tert-OH is 1. The molecule has 0 bridgehead atoms. The molecule has 14 heavy (non-hydrogen) atoms. The Kier molecular flexibility index (Phi) is 2.99. The number of aliphatic hydroxyl groups is 1. The molecule has 2 heterocycles. The molecule has 0 aliphatic carbocycles. The van der Waals surface area contributed by atoms with Crippen molar-refractivity contribution >= 4 is 5.69 Å². The van der Waals surface area contributed by atoms with Gasteiger partial charge in [0.1, 0.15) is 0 Å². The van der Waals surface area contributed by atoms with Crippen LogP contribution in [0.3, 0.4) is 0 Å². The van der Waals surface area contributed by atoms with Crippen LogP contribution < -0.4 is 4.90 Å². The summed E-state index contributed by atoms with van der Waals surface area (Å²) in [5.41, 5.74) is 1.96. The first-order valence-corrected chi connectivity index (χ1v) is 5.21. The van der Waals surface area contributed by atoms with Crippen molar-refractivity contribution in [1.82, 2.24) is 4.98 Å². The van der Waals surface area contributed by atoms with Gasteiger partial charge in [0.25, 0.3) is 0 Å². The molecular formula is C11H16N2O. The van der Waals surface area contributed by atoms with Crippen LogP contribution in [0.2, 0.25) is 0 Å². The van der Waals surface area contributed by atoms with Gasteiger partial charge < -0.3 is 10.0 Å². The molecule has 3 nitrogen and oxygen atoms in total. The normalized spacial score (nSPS) is 17.1. The predicted molar refractivity (Wildman–Crippen MR) is 56.2 cm³/mol. The zero-order valence-electron chi connectivity index (χ0n) is 8.32. The summed E-state index contributed by atoms with van der Waals surface area (Å²) in [5.74, 6) is 0. The highest BCUT2D eigenvalue weighted by Crippen LogP contribution is 2.19. The summed E-state index contributed by atoms with van der Waals surface area (Å²) in [7, 11) is 0. The summed E-state index contributed by atoms with van der Waals surface area (Å²) >= 11 is 0. The molecule has 1 aliphatic heterocycles. The Labute approximate surface area is 84.4 Å². The fourth-order valence-electron chi connectivity index (χ4n) is 1.90. The van der Waals surface area contributed by atoms with Gasteiger partial charge in [-0.2, -0.15) is 0 Å². The largest absolute Gasteiger partial charge is 0.390 e. The van der Waals surface area contributed by atoms with Gasteiger partial charge in [-0.15, -0.1) is 0 Å².